The molecule has 2 N–H and O–H groups in total. The van der Waals surface area contributed by atoms with Crippen LogP contribution in [0.15, 0.2) is 49.8 Å². The Hall–Kier alpha value is -1.11. The number of rotatable bonds is 5. The molecule has 0 atom stereocenters. The molecule has 0 amide bonds. The zero-order valence-corrected chi connectivity index (χ0v) is 13.7. The van der Waals surface area contributed by atoms with Crippen molar-refractivity contribution >= 4 is 27.7 Å². The highest BCUT2D eigenvalue weighted by Crippen LogP contribution is 2.28. The molecule has 0 saturated heterocycles. The van der Waals surface area contributed by atoms with Crippen molar-refractivity contribution in [2.75, 3.05) is 0 Å². The molecule has 1 aromatic carbocycles. The number of H-pyrrole nitrogens is 1. The number of nitrogens with one attached hydrogen (secondary N) is 2. The number of hydrogen-bond donors (Lipinski definition) is 2. The Morgan fingerprint density at radius 1 is 1.40 bits per heavy atom. The van der Waals surface area contributed by atoms with Crippen molar-refractivity contribution < 1.29 is 0 Å². The van der Waals surface area contributed by atoms with Crippen LogP contribution in [-0.2, 0) is 6.54 Å². The summed E-state index contributed by atoms with van der Waals surface area (Å²) in [6.45, 7) is 5.06. The minimum absolute atomic E-state index is 0.140. The normalized spacial score (nSPS) is 11.0. The summed E-state index contributed by atoms with van der Waals surface area (Å²) in [4.78, 5) is 19.1. The first-order valence-electron chi connectivity index (χ1n) is 6.29. The van der Waals surface area contributed by atoms with E-state index in [2.05, 4.69) is 51.1 Å². The Balaban J connectivity index is 2.10. The summed E-state index contributed by atoms with van der Waals surface area (Å²) >= 11 is 5.01. The molecule has 0 spiro atoms. The van der Waals surface area contributed by atoms with Crippen LogP contribution in [0.2, 0.25) is 0 Å². The van der Waals surface area contributed by atoms with Gasteiger partial charge in [-0.25, -0.2) is 4.98 Å². The van der Waals surface area contributed by atoms with Crippen molar-refractivity contribution in [1.82, 2.24) is 15.3 Å². The van der Waals surface area contributed by atoms with E-state index in [0.29, 0.717) is 11.2 Å². The first kappa shape index (κ1) is 15.3. The third-order valence-electron chi connectivity index (χ3n) is 2.59. The van der Waals surface area contributed by atoms with Gasteiger partial charge in [-0.05, 0) is 17.7 Å². The molecule has 0 aliphatic rings. The minimum Gasteiger partial charge on any atom is -0.310 e. The third-order valence-corrected chi connectivity index (χ3v) is 4.22. The van der Waals surface area contributed by atoms with Gasteiger partial charge in [0.15, 0.2) is 5.16 Å². The van der Waals surface area contributed by atoms with E-state index in [1.807, 2.05) is 12.1 Å². The van der Waals surface area contributed by atoms with Crippen LogP contribution in [-0.4, -0.2) is 16.0 Å². The fourth-order valence-corrected chi connectivity index (χ4v) is 3.04. The van der Waals surface area contributed by atoms with Gasteiger partial charge >= 0.3 is 0 Å². The average molecular weight is 354 g/mol. The largest absolute Gasteiger partial charge is 0.310 e. The molecule has 0 unspecified atom stereocenters. The Morgan fingerprint density at radius 2 is 2.20 bits per heavy atom. The summed E-state index contributed by atoms with van der Waals surface area (Å²) in [5.41, 5.74) is 1.07. The molecule has 4 nitrogen and oxygen atoms in total. The fourth-order valence-electron chi connectivity index (χ4n) is 1.56. The molecule has 0 fully saturated rings. The van der Waals surface area contributed by atoms with E-state index >= 15 is 0 Å². The quantitative estimate of drug-likeness (QED) is 0.810. The van der Waals surface area contributed by atoms with Crippen LogP contribution in [0.4, 0.5) is 0 Å². The first-order chi connectivity index (χ1) is 9.54. The Bertz CT molecular complexity index is 642. The summed E-state index contributed by atoms with van der Waals surface area (Å²) in [7, 11) is 0. The zero-order valence-electron chi connectivity index (χ0n) is 11.3. The molecule has 6 heteroatoms. The highest BCUT2D eigenvalue weighted by molar-refractivity contribution is 9.10. The maximum absolute atomic E-state index is 11.2. The van der Waals surface area contributed by atoms with Gasteiger partial charge in [0.25, 0.3) is 5.56 Å². The predicted molar refractivity (Wildman–Crippen MR) is 85.1 cm³/mol. The van der Waals surface area contributed by atoms with Gasteiger partial charge in [0.05, 0.1) is 0 Å². The molecule has 20 heavy (non-hydrogen) atoms. The van der Waals surface area contributed by atoms with Gasteiger partial charge in [-0.3, -0.25) is 4.79 Å². The third kappa shape index (κ3) is 4.47. The monoisotopic (exact) mass is 353 g/mol. The number of aromatic nitrogens is 2. The summed E-state index contributed by atoms with van der Waals surface area (Å²) in [6.07, 6.45) is 1.51. The van der Waals surface area contributed by atoms with E-state index in [9.17, 15) is 4.79 Å². The van der Waals surface area contributed by atoms with Gasteiger partial charge in [-0.1, -0.05) is 47.6 Å². The Morgan fingerprint density at radius 3 is 2.85 bits per heavy atom. The van der Waals surface area contributed by atoms with Crippen molar-refractivity contribution in [3.05, 3.63) is 50.9 Å². The van der Waals surface area contributed by atoms with E-state index in [-0.39, 0.29) is 5.56 Å². The molecule has 2 rings (SSSR count). The van der Waals surface area contributed by atoms with Crippen LogP contribution in [0, 0.1) is 0 Å². The van der Waals surface area contributed by atoms with Crippen LogP contribution in [0.5, 0.6) is 0 Å². The molecular formula is C14H16BrN3OS. The predicted octanol–water partition coefficient (Wildman–Crippen LogP) is 3.18. The van der Waals surface area contributed by atoms with Gasteiger partial charge in [0.2, 0.25) is 0 Å². The summed E-state index contributed by atoms with van der Waals surface area (Å²) in [6, 6.07) is 7.99. The molecule has 0 aliphatic carbocycles. The lowest BCUT2D eigenvalue weighted by Crippen LogP contribution is -2.21. The Kier molecular flexibility index (Phi) is 5.39. The number of benzene rings is 1. The second-order valence-corrected chi connectivity index (χ2v) is 6.55. The molecule has 0 bridgehead atoms. The highest BCUT2D eigenvalue weighted by Gasteiger charge is 2.05. The molecule has 0 radical (unpaired) electrons. The lowest BCUT2D eigenvalue weighted by molar-refractivity contribution is 0.587. The van der Waals surface area contributed by atoms with Crippen molar-refractivity contribution in [2.24, 2.45) is 0 Å². The summed E-state index contributed by atoms with van der Waals surface area (Å²) in [5, 5.41) is 3.98. The molecule has 106 valence electrons. The molecular weight excluding hydrogens is 338 g/mol. The van der Waals surface area contributed by atoms with Gasteiger partial charge in [-0.15, -0.1) is 0 Å². The lowest BCUT2D eigenvalue weighted by Gasteiger charge is -2.10. The van der Waals surface area contributed by atoms with Gasteiger partial charge in [0.1, 0.15) is 0 Å². The molecule has 0 aliphatic heterocycles. The van der Waals surface area contributed by atoms with Crippen molar-refractivity contribution in [1.29, 1.82) is 0 Å². The van der Waals surface area contributed by atoms with Gasteiger partial charge in [-0.2, -0.15) is 0 Å². The van der Waals surface area contributed by atoms with Crippen molar-refractivity contribution in [3.63, 3.8) is 0 Å². The fraction of sp³-hybridized carbons (Fsp3) is 0.286. The number of nitrogens with zero attached hydrogens (tertiary/aromatic N) is 1. The smallest absolute Gasteiger partial charge is 0.251 e. The second-order valence-electron chi connectivity index (χ2n) is 4.63. The number of hydrogen-bond acceptors (Lipinski definition) is 4. The van der Waals surface area contributed by atoms with Gasteiger partial charge in [0, 0.05) is 34.2 Å². The molecule has 2 aromatic rings. The van der Waals surface area contributed by atoms with Gasteiger partial charge < -0.3 is 10.3 Å². The zero-order chi connectivity index (χ0) is 14.5. The maximum Gasteiger partial charge on any atom is 0.251 e. The second kappa shape index (κ2) is 7.06. The van der Waals surface area contributed by atoms with Crippen LogP contribution in [0.1, 0.15) is 19.4 Å². The van der Waals surface area contributed by atoms with Crippen molar-refractivity contribution in [3.8, 4) is 0 Å². The summed E-state index contributed by atoms with van der Waals surface area (Å²) in [5.74, 6) is 0. The van der Waals surface area contributed by atoms with E-state index in [0.717, 1.165) is 15.9 Å². The molecule has 1 aromatic heterocycles. The standard InChI is InChI=1S/C14H16BrN3OS/c1-9(2)17-8-10-3-4-11(7-12(10)15)20-14-16-6-5-13(19)18-14/h3-7,9,17H,8H2,1-2H3,(H,16,18,19). The van der Waals surface area contributed by atoms with E-state index < -0.39 is 0 Å². The molecule has 1 heterocycles. The first-order valence-corrected chi connectivity index (χ1v) is 7.90. The molecule has 0 saturated carbocycles. The SMILES string of the molecule is CC(C)NCc1ccc(Sc2nccc(=O)[nH]2)cc1Br. The van der Waals surface area contributed by atoms with E-state index in [1.165, 1.54) is 29.6 Å². The highest BCUT2D eigenvalue weighted by atomic mass is 79.9. The van der Waals surface area contributed by atoms with Crippen LogP contribution in [0.25, 0.3) is 0 Å². The average Bonchev–Trinajstić information content (AvgIpc) is 2.37. The van der Waals surface area contributed by atoms with Crippen LogP contribution < -0.4 is 10.9 Å². The lowest BCUT2D eigenvalue weighted by atomic mass is 10.2. The number of halogens is 1. The van der Waals surface area contributed by atoms with Crippen LogP contribution in [0.3, 0.4) is 0 Å². The minimum atomic E-state index is -0.140. The van der Waals surface area contributed by atoms with E-state index in [4.69, 9.17) is 0 Å². The Labute approximate surface area is 130 Å². The summed E-state index contributed by atoms with van der Waals surface area (Å²) < 4.78 is 1.05. The maximum atomic E-state index is 11.2. The topological polar surface area (TPSA) is 57.8 Å². The van der Waals surface area contributed by atoms with E-state index in [1.54, 1.807) is 0 Å². The van der Waals surface area contributed by atoms with Crippen molar-refractivity contribution in [2.45, 2.75) is 36.5 Å². The number of aromatic amines is 1. The van der Waals surface area contributed by atoms with Crippen LogP contribution >= 0.6 is 27.7 Å².